The number of hydrogen-bond acceptors (Lipinski definition) is 2. The van der Waals surface area contributed by atoms with E-state index in [1.165, 1.54) is 32.1 Å². The lowest BCUT2D eigenvalue weighted by atomic mass is 9.85. The van der Waals surface area contributed by atoms with Gasteiger partial charge in [-0.1, -0.05) is 56.4 Å². The van der Waals surface area contributed by atoms with Crippen LogP contribution in [0.15, 0.2) is 24.3 Å². The van der Waals surface area contributed by atoms with Crippen molar-refractivity contribution in [3.8, 4) is 0 Å². The normalized spacial score (nSPS) is 29.8. The van der Waals surface area contributed by atoms with E-state index in [1.54, 1.807) is 4.90 Å². The number of fused-ring (bicyclic) bond motifs is 1. The van der Waals surface area contributed by atoms with Gasteiger partial charge in [0, 0.05) is 19.0 Å². The Morgan fingerprint density at radius 3 is 2.58 bits per heavy atom. The van der Waals surface area contributed by atoms with Gasteiger partial charge in [0.05, 0.1) is 5.92 Å². The maximum absolute atomic E-state index is 12.9. The predicted octanol–water partition coefficient (Wildman–Crippen LogP) is 3.41. The molecule has 1 amide bonds. The van der Waals surface area contributed by atoms with Crippen molar-refractivity contribution in [2.75, 3.05) is 6.54 Å². The molecule has 1 aromatic rings. The molecule has 0 spiro atoms. The van der Waals surface area contributed by atoms with Crippen LogP contribution in [0.25, 0.3) is 0 Å². The van der Waals surface area contributed by atoms with E-state index in [0.717, 1.165) is 23.5 Å². The highest BCUT2D eigenvalue weighted by molar-refractivity contribution is 5.84. The van der Waals surface area contributed by atoms with Gasteiger partial charge >= 0.3 is 5.97 Å². The number of hydrogen-bond donors (Lipinski definition) is 1. The minimum atomic E-state index is -0.834. The maximum Gasteiger partial charge on any atom is 0.312 e. The molecule has 3 aliphatic rings. The zero-order valence-electron chi connectivity index (χ0n) is 14.0. The fourth-order valence-electron chi connectivity index (χ4n) is 4.80. The van der Waals surface area contributed by atoms with Crippen molar-refractivity contribution in [1.82, 2.24) is 4.90 Å². The van der Waals surface area contributed by atoms with Crippen LogP contribution in [0.2, 0.25) is 0 Å². The van der Waals surface area contributed by atoms with Gasteiger partial charge in [-0.2, -0.15) is 0 Å². The van der Waals surface area contributed by atoms with E-state index in [2.05, 4.69) is 0 Å². The molecule has 4 heteroatoms. The monoisotopic (exact) mass is 327 g/mol. The van der Waals surface area contributed by atoms with Gasteiger partial charge in [0.2, 0.25) is 5.91 Å². The molecule has 2 saturated carbocycles. The van der Waals surface area contributed by atoms with Gasteiger partial charge in [0.1, 0.15) is 0 Å². The molecule has 2 fully saturated rings. The van der Waals surface area contributed by atoms with Crippen LogP contribution in [0.4, 0.5) is 0 Å². The summed E-state index contributed by atoms with van der Waals surface area (Å²) in [5.41, 5.74) is 1.85. The molecule has 4 nitrogen and oxygen atoms in total. The summed E-state index contributed by atoms with van der Waals surface area (Å²) in [6.45, 7) is 0.881. The van der Waals surface area contributed by atoms with E-state index >= 15 is 0 Å². The molecule has 2 aliphatic carbocycles. The van der Waals surface area contributed by atoms with Crippen molar-refractivity contribution in [2.24, 2.45) is 17.8 Å². The molecule has 0 saturated heterocycles. The third-order valence-corrected chi connectivity index (χ3v) is 6.22. The van der Waals surface area contributed by atoms with Crippen molar-refractivity contribution in [2.45, 2.75) is 51.0 Å². The molecule has 1 N–H and O–H groups in total. The number of nitrogens with zero attached hydrogens (tertiary/aromatic N) is 1. The summed E-state index contributed by atoms with van der Waals surface area (Å²) >= 11 is 0. The molecule has 0 aromatic heterocycles. The van der Waals surface area contributed by atoms with E-state index in [9.17, 15) is 14.7 Å². The van der Waals surface area contributed by atoms with E-state index in [0.29, 0.717) is 19.0 Å². The number of rotatable bonds is 3. The summed E-state index contributed by atoms with van der Waals surface area (Å²) in [4.78, 5) is 26.4. The number of carbonyl (C=O) groups excluding carboxylic acids is 1. The van der Waals surface area contributed by atoms with Crippen LogP contribution < -0.4 is 0 Å². The van der Waals surface area contributed by atoms with Gasteiger partial charge in [0.15, 0.2) is 0 Å². The fourth-order valence-corrected chi connectivity index (χ4v) is 4.80. The van der Waals surface area contributed by atoms with Crippen molar-refractivity contribution in [1.29, 1.82) is 0 Å². The van der Waals surface area contributed by atoms with Gasteiger partial charge < -0.3 is 10.0 Å². The lowest BCUT2D eigenvalue weighted by molar-refractivity contribution is -0.141. The third kappa shape index (κ3) is 2.83. The number of benzene rings is 1. The first kappa shape index (κ1) is 15.7. The maximum atomic E-state index is 12.9. The predicted molar refractivity (Wildman–Crippen MR) is 90.4 cm³/mol. The first-order valence-electron chi connectivity index (χ1n) is 9.24. The van der Waals surface area contributed by atoms with Gasteiger partial charge in [-0.3, -0.25) is 9.59 Å². The number of amides is 1. The summed E-state index contributed by atoms with van der Waals surface area (Å²) in [6, 6.07) is 7.65. The van der Waals surface area contributed by atoms with Gasteiger partial charge in [0.25, 0.3) is 0 Å². The van der Waals surface area contributed by atoms with Crippen LogP contribution >= 0.6 is 0 Å². The SMILES string of the molecule is O=C(O)C1CN(C(=O)C2CC2C2CCCCC2)Cc2ccccc21. The molecule has 1 aromatic carbocycles. The fraction of sp³-hybridized carbons (Fsp3) is 0.600. The van der Waals surface area contributed by atoms with Crippen LogP contribution in [0.3, 0.4) is 0 Å². The summed E-state index contributed by atoms with van der Waals surface area (Å²) in [5.74, 6) is 0.183. The Balaban J connectivity index is 1.47. The highest BCUT2D eigenvalue weighted by Crippen LogP contribution is 2.50. The Bertz CT molecular complexity index is 650. The van der Waals surface area contributed by atoms with Crippen molar-refractivity contribution >= 4 is 11.9 Å². The zero-order chi connectivity index (χ0) is 16.7. The lowest BCUT2D eigenvalue weighted by Crippen LogP contribution is -2.41. The Morgan fingerprint density at radius 2 is 1.83 bits per heavy atom. The Labute approximate surface area is 142 Å². The summed E-state index contributed by atoms with van der Waals surface area (Å²) in [5, 5.41) is 9.56. The number of carboxylic acid groups (broad SMARTS) is 1. The number of aliphatic carboxylic acids is 1. The summed E-state index contributed by atoms with van der Waals surface area (Å²) < 4.78 is 0. The molecule has 4 rings (SSSR count). The van der Waals surface area contributed by atoms with Crippen LogP contribution in [-0.2, 0) is 16.1 Å². The van der Waals surface area contributed by atoms with Crippen molar-refractivity contribution < 1.29 is 14.7 Å². The second-order valence-corrected chi connectivity index (χ2v) is 7.71. The highest BCUT2D eigenvalue weighted by Gasteiger charge is 2.49. The van der Waals surface area contributed by atoms with Crippen molar-refractivity contribution in [3.05, 3.63) is 35.4 Å². The smallest absolute Gasteiger partial charge is 0.312 e. The molecular formula is C20H25NO3. The third-order valence-electron chi connectivity index (χ3n) is 6.22. The molecule has 3 unspecified atom stereocenters. The summed E-state index contributed by atoms with van der Waals surface area (Å²) in [7, 11) is 0. The Morgan fingerprint density at radius 1 is 1.08 bits per heavy atom. The average Bonchev–Trinajstić information content (AvgIpc) is 3.41. The molecule has 0 bridgehead atoms. The molecule has 1 heterocycles. The summed E-state index contributed by atoms with van der Waals surface area (Å²) in [6.07, 6.45) is 7.51. The van der Waals surface area contributed by atoms with Gasteiger partial charge in [-0.05, 0) is 29.4 Å². The molecular weight excluding hydrogens is 302 g/mol. The molecule has 24 heavy (non-hydrogen) atoms. The van der Waals surface area contributed by atoms with Crippen LogP contribution in [0.5, 0.6) is 0 Å². The highest BCUT2D eigenvalue weighted by atomic mass is 16.4. The second-order valence-electron chi connectivity index (χ2n) is 7.71. The lowest BCUT2D eigenvalue weighted by Gasteiger charge is -2.33. The Kier molecular flexibility index (Phi) is 4.07. The first-order valence-corrected chi connectivity index (χ1v) is 9.24. The quantitative estimate of drug-likeness (QED) is 0.925. The largest absolute Gasteiger partial charge is 0.481 e. The van der Waals surface area contributed by atoms with Crippen molar-refractivity contribution in [3.63, 3.8) is 0 Å². The topological polar surface area (TPSA) is 57.6 Å². The molecule has 0 radical (unpaired) electrons. The van der Waals surface area contributed by atoms with E-state index in [-0.39, 0.29) is 11.8 Å². The minimum Gasteiger partial charge on any atom is -0.481 e. The van der Waals surface area contributed by atoms with Gasteiger partial charge in [-0.25, -0.2) is 0 Å². The number of carboxylic acids is 1. The zero-order valence-corrected chi connectivity index (χ0v) is 14.0. The average molecular weight is 327 g/mol. The number of carbonyl (C=O) groups is 2. The van der Waals surface area contributed by atoms with Gasteiger partial charge in [-0.15, -0.1) is 0 Å². The molecule has 3 atom stereocenters. The second kappa shape index (κ2) is 6.23. The molecule has 1 aliphatic heterocycles. The van der Waals surface area contributed by atoms with Crippen LogP contribution in [0, 0.1) is 17.8 Å². The van der Waals surface area contributed by atoms with E-state index in [1.807, 2.05) is 24.3 Å². The Hall–Kier alpha value is -1.84. The molecule has 128 valence electrons. The van der Waals surface area contributed by atoms with Crippen LogP contribution in [-0.4, -0.2) is 28.4 Å². The standard InChI is InChI=1S/C20H25NO3/c22-19(17-10-16(17)13-6-2-1-3-7-13)21-11-14-8-4-5-9-15(14)18(12-21)20(23)24/h4-5,8-9,13,16-18H,1-3,6-7,10-12H2,(H,23,24). The van der Waals surface area contributed by atoms with E-state index < -0.39 is 11.9 Å². The minimum absolute atomic E-state index is 0.146. The van der Waals surface area contributed by atoms with E-state index in [4.69, 9.17) is 0 Å². The van der Waals surface area contributed by atoms with Crippen LogP contribution in [0.1, 0.15) is 55.6 Å². The first-order chi connectivity index (χ1) is 11.6.